The lowest BCUT2D eigenvalue weighted by Crippen LogP contribution is -2.28. The molecule has 2 N–H and O–H groups in total. The molecule has 3 nitrogen and oxygen atoms in total. The van der Waals surface area contributed by atoms with Crippen molar-refractivity contribution in [1.82, 2.24) is 5.32 Å². The lowest BCUT2D eigenvalue weighted by atomic mass is 9.91. The van der Waals surface area contributed by atoms with Crippen molar-refractivity contribution in [2.45, 2.75) is 18.8 Å². The van der Waals surface area contributed by atoms with E-state index >= 15 is 0 Å². The molecule has 0 aromatic heterocycles. The van der Waals surface area contributed by atoms with Crippen LogP contribution in [0.1, 0.15) is 24.3 Å². The topological polar surface area (TPSA) is 41.5 Å². The Morgan fingerprint density at radius 1 is 1.41 bits per heavy atom. The maximum absolute atomic E-state index is 13.8. The SMILES string of the molecule is COc1cc(C2CCCNC2)c(F)c(O)c1F. The number of ether oxygens (including phenoxy) is 1. The Balaban J connectivity index is 2.42. The van der Waals surface area contributed by atoms with E-state index < -0.39 is 17.4 Å². The zero-order valence-electron chi connectivity index (χ0n) is 9.59. The number of rotatable bonds is 2. The standard InChI is InChI=1S/C12H15F2NO2/c1-17-9-5-8(7-3-2-4-15-6-7)10(13)12(16)11(9)14/h5,7,15-16H,2-4,6H2,1H3. The Hall–Kier alpha value is -1.36. The first-order chi connectivity index (χ1) is 8.15. The molecule has 5 heteroatoms. The second kappa shape index (κ2) is 4.87. The number of phenolic OH excluding ortho intramolecular Hbond substituents is 1. The predicted octanol–water partition coefficient (Wildman–Crippen LogP) is 2.15. The Morgan fingerprint density at radius 2 is 2.18 bits per heavy atom. The van der Waals surface area contributed by atoms with E-state index in [0.29, 0.717) is 12.1 Å². The van der Waals surface area contributed by atoms with Gasteiger partial charge in [0.25, 0.3) is 0 Å². The molecule has 1 unspecified atom stereocenters. The van der Waals surface area contributed by atoms with Gasteiger partial charge in [-0.2, -0.15) is 4.39 Å². The fourth-order valence-electron chi connectivity index (χ4n) is 2.18. The summed E-state index contributed by atoms with van der Waals surface area (Å²) < 4.78 is 32.0. The van der Waals surface area contributed by atoms with Crippen molar-refractivity contribution < 1.29 is 18.6 Å². The summed E-state index contributed by atoms with van der Waals surface area (Å²) >= 11 is 0. The molecule has 0 bridgehead atoms. The molecule has 2 rings (SSSR count). The number of phenols is 1. The summed E-state index contributed by atoms with van der Waals surface area (Å²) in [6.45, 7) is 1.54. The minimum atomic E-state index is -1.04. The van der Waals surface area contributed by atoms with Crippen LogP contribution in [0.2, 0.25) is 0 Å². The molecule has 0 aliphatic carbocycles. The first-order valence-corrected chi connectivity index (χ1v) is 5.60. The lowest BCUT2D eigenvalue weighted by molar-refractivity contribution is 0.342. The largest absolute Gasteiger partial charge is 0.503 e. The van der Waals surface area contributed by atoms with Crippen molar-refractivity contribution >= 4 is 0 Å². The molecule has 1 atom stereocenters. The third-order valence-corrected chi connectivity index (χ3v) is 3.13. The number of methoxy groups -OCH3 is 1. The number of nitrogens with one attached hydrogen (secondary N) is 1. The highest BCUT2D eigenvalue weighted by atomic mass is 19.1. The summed E-state index contributed by atoms with van der Waals surface area (Å²) in [5.41, 5.74) is 0.313. The van der Waals surface area contributed by atoms with Gasteiger partial charge in [-0.1, -0.05) is 0 Å². The van der Waals surface area contributed by atoms with Crippen molar-refractivity contribution in [3.05, 3.63) is 23.3 Å². The minimum absolute atomic E-state index is 0.0517. The van der Waals surface area contributed by atoms with E-state index in [1.807, 2.05) is 0 Å². The Morgan fingerprint density at radius 3 is 2.76 bits per heavy atom. The lowest BCUT2D eigenvalue weighted by Gasteiger charge is -2.24. The molecule has 1 fully saturated rings. The Labute approximate surface area is 98.4 Å². The van der Waals surface area contributed by atoms with Crippen molar-refractivity contribution in [1.29, 1.82) is 0 Å². The molecule has 0 amide bonds. The third kappa shape index (κ3) is 2.20. The van der Waals surface area contributed by atoms with Crippen LogP contribution >= 0.6 is 0 Å². The van der Waals surface area contributed by atoms with Gasteiger partial charge < -0.3 is 15.2 Å². The zero-order valence-corrected chi connectivity index (χ0v) is 9.59. The van der Waals surface area contributed by atoms with Crippen molar-refractivity contribution in [3.63, 3.8) is 0 Å². The van der Waals surface area contributed by atoms with Gasteiger partial charge in [0.15, 0.2) is 17.3 Å². The molecule has 0 spiro atoms. The Kier molecular flexibility index (Phi) is 3.47. The molecule has 1 saturated heterocycles. The van der Waals surface area contributed by atoms with E-state index in [2.05, 4.69) is 5.32 Å². The second-order valence-corrected chi connectivity index (χ2v) is 4.19. The van der Waals surface area contributed by atoms with E-state index in [9.17, 15) is 13.9 Å². The summed E-state index contributed by atoms with van der Waals surface area (Å²) in [6.07, 6.45) is 1.75. The summed E-state index contributed by atoms with van der Waals surface area (Å²) in [7, 11) is 1.29. The van der Waals surface area contributed by atoms with E-state index in [-0.39, 0.29) is 11.7 Å². The number of benzene rings is 1. The average molecular weight is 243 g/mol. The highest BCUT2D eigenvalue weighted by Gasteiger charge is 2.25. The van der Waals surface area contributed by atoms with E-state index in [1.54, 1.807) is 0 Å². The number of hydrogen-bond acceptors (Lipinski definition) is 3. The average Bonchev–Trinajstić information content (AvgIpc) is 2.37. The normalized spacial score (nSPS) is 20.3. The van der Waals surface area contributed by atoms with Gasteiger partial charge in [-0.3, -0.25) is 0 Å². The third-order valence-electron chi connectivity index (χ3n) is 3.13. The molecule has 1 aromatic carbocycles. The zero-order chi connectivity index (χ0) is 12.4. The molecular weight excluding hydrogens is 228 g/mol. The molecule has 1 aromatic rings. The van der Waals surface area contributed by atoms with Gasteiger partial charge in [-0.05, 0) is 36.9 Å². The molecule has 1 aliphatic rings. The van der Waals surface area contributed by atoms with Gasteiger partial charge in [-0.25, -0.2) is 4.39 Å². The number of aromatic hydroxyl groups is 1. The van der Waals surface area contributed by atoms with Crippen LogP contribution in [-0.2, 0) is 0 Å². The van der Waals surface area contributed by atoms with Gasteiger partial charge in [0.05, 0.1) is 7.11 Å². The molecule has 0 radical (unpaired) electrons. The maximum atomic E-state index is 13.8. The van der Waals surface area contributed by atoms with Gasteiger partial charge in [0.1, 0.15) is 0 Å². The summed E-state index contributed by atoms with van der Waals surface area (Å²) in [5.74, 6) is -3.05. The van der Waals surface area contributed by atoms with Gasteiger partial charge in [0.2, 0.25) is 5.82 Å². The van der Waals surface area contributed by atoms with Crippen molar-refractivity contribution in [2.75, 3.05) is 20.2 Å². The number of hydrogen-bond donors (Lipinski definition) is 2. The van der Waals surface area contributed by atoms with Crippen molar-refractivity contribution in [3.8, 4) is 11.5 Å². The van der Waals surface area contributed by atoms with E-state index in [0.717, 1.165) is 19.4 Å². The quantitative estimate of drug-likeness (QED) is 0.836. The van der Waals surface area contributed by atoms with Crippen LogP contribution in [0.5, 0.6) is 11.5 Å². The fourth-order valence-corrected chi connectivity index (χ4v) is 2.18. The highest BCUT2D eigenvalue weighted by Crippen LogP contribution is 2.36. The molecule has 94 valence electrons. The van der Waals surface area contributed by atoms with Gasteiger partial charge in [-0.15, -0.1) is 0 Å². The van der Waals surface area contributed by atoms with E-state index in [4.69, 9.17) is 4.74 Å². The molecular formula is C12H15F2NO2. The smallest absolute Gasteiger partial charge is 0.209 e. The predicted molar refractivity (Wildman–Crippen MR) is 59.4 cm³/mol. The van der Waals surface area contributed by atoms with Crippen LogP contribution in [0, 0.1) is 11.6 Å². The van der Waals surface area contributed by atoms with Crippen LogP contribution in [0.4, 0.5) is 8.78 Å². The monoisotopic (exact) mass is 243 g/mol. The Bertz CT molecular complexity index is 417. The second-order valence-electron chi connectivity index (χ2n) is 4.19. The van der Waals surface area contributed by atoms with Crippen LogP contribution in [0.25, 0.3) is 0 Å². The van der Waals surface area contributed by atoms with Gasteiger partial charge in [0, 0.05) is 6.54 Å². The number of piperidine rings is 1. The molecule has 0 saturated carbocycles. The molecule has 17 heavy (non-hydrogen) atoms. The van der Waals surface area contributed by atoms with Gasteiger partial charge >= 0.3 is 0 Å². The maximum Gasteiger partial charge on any atom is 0.209 e. The highest BCUT2D eigenvalue weighted by molar-refractivity contribution is 5.43. The fraction of sp³-hybridized carbons (Fsp3) is 0.500. The first-order valence-electron chi connectivity index (χ1n) is 5.60. The summed E-state index contributed by atoms with van der Waals surface area (Å²) in [4.78, 5) is 0. The van der Waals surface area contributed by atoms with Crippen LogP contribution in [0.3, 0.4) is 0 Å². The summed E-state index contributed by atoms with van der Waals surface area (Å²) in [6, 6.07) is 1.34. The van der Waals surface area contributed by atoms with Crippen LogP contribution in [0.15, 0.2) is 6.07 Å². The first kappa shape index (κ1) is 12.1. The molecule has 1 aliphatic heterocycles. The summed E-state index contributed by atoms with van der Waals surface area (Å²) in [5, 5.41) is 12.5. The molecule has 1 heterocycles. The number of halogens is 2. The van der Waals surface area contributed by atoms with Crippen LogP contribution < -0.4 is 10.1 Å². The van der Waals surface area contributed by atoms with Crippen molar-refractivity contribution in [2.24, 2.45) is 0 Å². The minimum Gasteiger partial charge on any atom is -0.503 e. The van der Waals surface area contributed by atoms with Crippen LogP contribution in [-0.4, -0.2) is 25.3 Å². The van der Waals surface area contributed by atoms with E-state index in [1.165, 1.54) is 13.2 Å².